The molecule has 1 aromatic heterocycles. The van der Waals surface area contributed by atoms with Crippen LogP contribution in [0.25, 0.3) is 0 Å². The third kappa shape index (κ3) is 5.52. The molecule has 0 spiro atoms. The number of carbonyl (C=O) groups excluding carboxylic acids is 1. The first kappa shape index (κ1) is 21.5. The van der Waals surface area contributed by atoms with Gasteiger partial charge in [-0.25, -0.2) is 0 Å². The van der Waals surface area contributed by atoms with Gasteiger partial charge in [0.25, 0.3) is 0 Å². The lowest BCUT2D eigenvalue weighted by Gasteiger charge is -2.32. The highest BCUT2D eigenvalue weighted by Gasteiger charge is 2.28. The van der Waals surface area contributed by atoms with Crippen molar-refractivity contribution in [2.45, 2.75) is 32.4 Å². The van der Waals surface area contributed by atoms with Crippen LogP contribution in [-0.2, 0) is 11.3 Å². The van der Waals surface area contributed by atoms with Crippen molar-refractivity contribution < 1.29 is 4.79 Å². The summed E-state index contributed by atoms with van der Waals surface area (Å²) < 4.78 is 0. The number of rotatable bonds is 6. The smallest absolute Gasteiger partial charge is 0.224 e. The van der Waals surface area contributed by atoms with E-state index in [0.717, 1.165) is 54.3 Å². The van der Waals surface area contributed by atoms with Crippen LogP contribution in [0.5, 0.6) is 0 Å². The summed E-state index contributed by atoms with van der Waals surface area (Å²) in [6, 6.07) is 21.8. The molecule has 1 atom stereocenters. The Hall–Kier alpha value is -2.69. The zero-order chi connectivity index (χ0) is 21.6. The molecule has 2 aromatic carbocycles. The van der Waals surface area contributed by atoms with Gasteiger partial charge >= 0.3 is 0 Å². The van der Waals surface area contributed by atoms with Crippen LogP contribution in [0.1, 0.15) is 41.3 Å². The molecule has 160 valence electrons. The number of nitrogens with one attached hydrogen (secondary N) is 1. The number of hydrogen-bond donors (Lipinski definition) is 1. The van der Waals surface area contributed by atoms with Crippen molar-refractivity contribution in [3.8, 4) is 0 Å². The van der Waals surface area contributed by atoms with Crippen LogP contribution >= 0.6 is 11.6 Å². The van der Waals surface area contributed by atoms with Gasteiger partial charge in [-0.1, -0.05) is 60.1 Å². The maximum absolute atomic E-state index is 13.2. The van der Waals surface area contributed by atoms with Gasteiger partial charge in [-0.15, -0.1) is 0 Å². The van der Waals surface area contributed by atoms with E-state index < -0.39 is 0 Å². The standard InChI is InChI=1S/C26H28ClN3O/c1-19-7-6-14-28-24(19)25(21-9-3-2-4-10-21)29-26(31)22-12-15-30(16-13-22)18-20-8-5-11-23(27)17-20/h2-11,14,17,22,25H,12-13,15-16,18H2,1H3,(H,29,31). The Morgan fingerprint density at radius 1 is 1.10 bits per heavy atom. The predicted octanol–water partition coefficient (Wildman–Crippen LogP) is 5.16. The zero-order valence-corrected chi connectivity index (χ0v) is 18.6. The van der Waals surface area contributed by atoms with Crippen molar-refractivity contribution in [3.05, 3.63) is 100 Å². The summed E-state index contributed by atoms with van der Waals surface area (Å²) in [5.41, 5.74) is 4.25. The molecule has 2 heterocycles. The number of likely N-dealkylation sites (tertiary alicyclic amines) is 1. The molecule has 1 aliphatic rings. The number of amides is 1. The Kier molecular flexibility index (Phi) is 7.00. The first-order valence-corrected chi connectivity index (χ1v) is 11.2. The molecular formula is C26H28ClN3O. The molecule has 0 aliphatic carbocycles. The second kappa shape index (κ2) is 10.1. The first-order chi connectivity index (χ1) is 15.1. The first-order valence-electron chi connectivity index (χ1n) is 10.8. The third-order valence-corrected chi connectivity index (χ3v) is 6.23. The van der Waals surface area contributed by atoms with Gasteiger partial charge in [-0.05, 0) is 67.7 Å². The van der Waals surface area contributed by atoms with E-state index in [0.29, 0.717) is 0 Å². The molecule has 0 saturated carbocycles. The average Bonchev–Trinajstić information content (AvgIpc) is 2.79. The molecule has 1 unspecified atom stereocenters. The minimum atomic E-state index is -0.237. The summed E-state index contributed by atoms with van der Waals surface area (Å²) in [4.78, 5) is 20.2. The van der Waals surface area contributed by atoms with Gasteiger partial charge < -0.3 is 5.32 Å². The summed E-state index contributed by atoms with van der Waals surface area (Å²) in [6.45, 7) is 4.72. The Labute approximate surface area is 189 Å². The highest BCUT2D eigenvalue weighted by molar-refractivity contribution is 6.30. The van der Waals surface area contributed by atoms with Gasteiger partial charge in [0, 0.05) is 23.7 Å². The molecule has 1 amide bonds. The molecular weight excluding hydrogens is 406 g/mol. The van der Waals surface area contributed by atoms with Gasteiger partial charge in [0.1, 0.15) is 0 Å². The van der Waals surface area contributed by atoms with E-state index in [1.165, 1.54) is 5.56 Å². The lowest BCUT2D eigenvalue weighted by molar-refractivity contribution is -0.127. The molecule has 0 bridgehead atoms. The van der Waals surface area contributed by atoms with Crippen LogP contribution in [-0.4, -0.2) is 28.9 Å². The zero-order valence-electron chi connectivity index (χ0n) is 17.8. The largest absolute Gasteiger partial charge is 0.343 e. The van der Waals surface area contributed by atoms with Crippen molar-refractivity contribution in [3.63, 3.8) is 0 Å². The molecule has 4 nitrogen and oxygen atoms in total. The summed E-state index contributed by atoms with van der Waals surface area (Å²) in [5.74, 6) is 0.132. The number of aromatic nitrogens is 1. The summed E-state index contributed by atoms with van der Waals surface area (Å²) in [7, 11) is 0. The highest BCUT2D eigenvalue weighted by Crippen LogP contribution is 2.26. The molecule has 1 saturated heterocycles. The number of benzene rings is 2. The fourth-order valence-electron chi connectivity index (χ4n) is 4.26. The van der Waals surface area contributed by atoms with Crippen LogP contribution in [0.2, 0.25) is 5.02 Å². The molecule has 1 fully saturated rings. The minimum absolute atomic E-state index is 0.0193. The van der Waals surface area contributed by atoms with E-state index in [2.05, 4.69) is 21.3 Å². The normalized spacial score (nSPS) is 16.1. The van der Waals surface area contributed by atoms with Crippen LogP contribution in [0.15, 0.2) is 72.9 Å². The van der Waals surface area contributed by atoms with Crippen LogP contribution in [0.4, 0.5) is 0 Å². The molecule has 3 aromatic rings. The Balaban J connectivity index is 1.41. The SMILES string of the molecule is Cc1cccnc1C(NC(=O)C1CCN(Cc2cccc(Cl)c2)CC1)c1ccccc1. The second-order valence-corrected chi connectivity index (χ2v) is 8.67. The van der Waals surface area contributed by atoms with Gasteiger partial charge in [0.05, 0.1) is 11.7 Å². The number of pyridine rings is 1. The molecule has 1 N–H and O–H groups in total. The van der Waals surface area contributed by atoms with E-state index >= 15 is 0 Å². The third-order valence-electron chi connectivity index (χ3n) is 6.00. The van der Waals surface area contributed by atoms with Crippen LogP contribution in [0.3, 0.4) is 0 Å². The number of nitrogens with zero attached hydrogens (tertiary/aromatic N) is 2. The topological polar surface area (TPSA) is 45.2 Å². The maximum Gasteiger partial charge on any atom is 0.224 e. The van der Waals surface area contributed by atoms with Crippen molar-refractivity contribution in [1.29, 1.82) is 0 Å². The summed E-state index contributed by atoms with van der Waals surface area (Å²) >= 11 is 6.11. The van der Waals surface area contributed by atoms with Crippen LogP contribution < -0.4 is 5.32 Å². The Morgan fingerprint density at radius 2 is 1.87 bits per heavy atom. The molecule has 1 aliphatic heterocycles. The lowest BCUT2D eigenvalue weighted by atomic mass is 9.93. The summed E-state index contributed by atoms with van der Waals surface area (Å²) in [6.07, 6.45) is 3.50. The van der Waals surface area contributed by atoms with E-state index in [1.807, 2.05) is 67.6 Å². The fraction of sp³-hybridized carbons (Fsp3) is 0.308. The molecule has 4 rings (SSSR count). The minimum Gasteiger partial charge on any atom is -0.343 e. The molecule has 5 heteroatoms. The predicted molar refractivity (Wildman–Crippen MR) is 125 cm³/mol. The Morgan fingerprint density at radius 3 is 2.58 bits per heavy atom. The number of carbonyl (C=O) groups is 1. The maximum atomic E-state index is 13.2. The number of piperidine rings is 1. The van der Waals surface area contributed by atoms with E-state index in [-0.39, 0.29) is 17.9 Å². The van der Waals surface area contributed by atoms with Crippen molar-refractivity contribution in [2.75, 3.05) is 13.1 Å². The quantitative estimate of drug-likeness (QED) is 0.583. The van der Waals surface area contributed by atoms with Gasteiger partial charge in [-0.2, -0.15) is 0 Å². The van der Waals surface area contributed by atoms with E-state index in [1.54, 1.807) is 6.20 Å². The number of aryl methyl sites for hydroxylation is 1. The van der Waals surface area contributed by atoms with Crippen LogP contribution in [0, 0.1) is 12.8 Å². The van der Waals surface area contributed by atoms with Crippen molar-refractivity contribution in [1.82, 2.24) is 15.2 Å². The summed E-state index contributed by atoms with van der Waals surface area (Å²) in [5, 5.41) is 4.06. The molecule has 31 heavy (non-hydrogen) atoms. The van der Waals surface area contributed by atoms with E-state index in [9.17, 15) is 4.79 Å². The van der Waals surface area contributed by atoms with Crippen molar-refractivity contribution >= 4 is 17.5 Å². The van der Waals surface area contributed by atoms with Gasteiger partial charge in [0.2, 0.25) is 5.91 Å². The number of hydrogen-bond acceptors (Lipinski definition) is 3. The van der Waals surface area contributed by atoms with E-state index in [4.69, 9.17) is 11.6 Å². The lowest BCUT2D eigenvalue weighted by Crippen LogP contribution is -2.41. The van der Waals surface area contributed by atoms with Gasteiger partial charge in [-0.3, -0.25) is 14.7 Å². The van der Waals surface area contributed by atoms with Gasteiger partial charge in [0.15, 0.2) is 0 Å². The molecule has 0 radical (unpaired) electrons. The second-order valence-electron chi connectivity index (χ2n) is 8.24. The monoisotopic (exact) mass is 433 g/mol. The van der Waals surface area contributed by atoms with Crippen molar-refractivity contribution in [2.24, 2.45) is 5.92 Å². The number of halogens is 1. The highest BCUT2D eigenvalue weighted by atomic mass is 35.5. The fourth-order valence-corrected chi connectivity index (χ4v) is 4.47. The Bertz CT molecular complexity index is 1020. The average molecular weight is 434 g/mol.